The van der Waals surface area contributed by atoms with Gasteiger partial charge in [0.05, 0.1) is 6.61 Å². The first-order valence-electron chi connectivity index (χ1n) is 6.08. The van der Waals surface area contributed by atoms with Crippen molar-refractivity contribution in [2.45, 2.75) is 43.0 Å². The van der Waals surface area contributed by atoms with E-state index in [1.54, 1.807) is 0 Å². The number of nitrogens with one attached hydrogen (secondary N) is 1. The minimum atomic E-state index is -1.52. The van der Waals surface area contributed by atoms with E-state index >= 15 is 0 Å². The minimum absolute atomic E-state index is 0.125. The number of imide groups is 1. The van der Waals surface area contributed by atoms with Crippen LogP contribution in [0, 0.1) is 0 Å². The molecule has 114 valence electrons. The van der Waals surface area contributed by atoms with E-state index in [2.05, 4.69) is 5.32 Å². The van der Waals surface area contributed by atoms with Gasteiger partial charge in [-0.3, -0.25) is 15.0 Å². The average molecular weight is 311 g/mol. The molecule has 2 heterocycles. The summed E-state index contributed by atoms with van der Waals surface area (Å²) in [5.41, 5.74) is 0. The number of alkyl halides is 2. The quantitative estimate of drug-likeness (QED) is 0.714. The number of carbonyl (C=O) groups is 2. The van der Waals surface area contributed by atoms with Crippen LogP contribution >= 0.6 is 11.6 Å². The largest absolute Gasteiger partial charge is 0.394 e. The van der Waals surface area contributed by atoms with E-state index in [1.165, 1.54) is 14.0 Å². The Labute approximate surface area is 119 Å². The van der Waals surface area contributed by atoms with Crippen molar-refractivity contribution in [3.63, 3.8) is 0 Å². The first-order valence-corrected chi connectivity index (χ1v) is 6.46. The number of hydrogen-bond donors (Lipinski definition) is 2. The Bertz CT molecular complexity index is 422. The number of aliphatic hydroxyl groups excluding tert-OH is 1. The molecule has 2 N–H and O–H groups in total. The molecule has 2 aliphatic heterocycles. The van der Waals surface area contributed by atoms with Gasteiger partial charge in [0, 0.05) is 13.5 Å². The Balaban J connectivity index is 2.25. The predicted octanol–water partition coefficient (Wildman–Crippen LogP) is -0.0464. The van der Waals surface area contributed by atoms with Crippen molar-refractivity contribution >= 4 is 23.5 Å². The second kappa shape index (κ2) is 5.44. The molecular weight excluding hydrogens is 295 g/mol. The summed E-state index contributed by atoms with van der Waals surface area (Å²) < 4.78 is 24.0. The zero-order valence-corrected chi connectivity index (χ0v) is 11.8. The Kier molecular flexibility index (Phi) is 4.19. The van der Waals surface area contributed by atoms with Crippen LogP contribution < -0.4 is 5.32 Å². The summed E-state index contributed by atoms with van der Waals surface area (Å²) in [6.07, 6.45) is -4.60. The highest BCUT2D eigenvalue weighted by Crippen LogP contribution is 2.34. The highest BCUT2D eigenvalue weighted by atomic mass is 35.5. The summed E-state index contributed by atoms with van der Waals surface area (Å²) in [5.74, 6) is -0.694. The number of amides is 3. The third-order valence-corrected chi connectivity index (χ3v) is 3.85. The topological polar surface area (TPSA) is 88.1 Å². The summed E-state index contributed by atoms with van der Waals surface area (Å²) in [6.45, 7) is 0.894. The van der Waals surface area contributed by atoms with E-state index < -0.39 is 48.2 Å². The predicted molar refractivity (Wildman–Crippen MR) is 65.7 cm³/mol. The summed E-state index contributed by atoms with van der Waals surface area (Å²) >= 11 is 6.10. The molecule has 9 heteroatoms. The maximum atomic E-state index is 13.6. The molecule has 20 heavy (non-hydrogen) atoms. The molecule has 0 radical (unpaired) electrons. The fourth-order valence-corrected chi connectivity index (χ4v) is 2.65. The maximum Gasteiger partial charge on any atom is 0.328 e. The molecular formula is C11H16ClFN2O5. The number of nitrogens with zero attached hydrogens (tertiary/aromatic N) is 1. The fraction of sp³-hybridized carbons (Fsp3) is 0.818. The molecule has 0 aliphatic carbocycles. The molecule has 0 bridgehead atoms. The van der Waals surface area contributed by atoms with Crippen LogP contribution in [0.25, 0.3) is 0 Å². The van der Waals surface area contributed by atoms with Gasteiger partial charge in [-0.2, -0.15) is 0 Å². The lowest BCUT2D eigenvalue weighted by Gasteiger charge is -2.44. The number of carbonyl (C=O) groups excluding carboxylic acids is 2. The molecule has 0 aromatic rings. The number of ether oxygens (including phenoxy) is 2. The van der Waals surface area contributed by atoms with Crippen molar-refractivity contribution in [3.8, 4) is 0 Å². The van der Waals surface area contributed by atoms with Gasteiger partial charge in [-0.05, 0) is 6.92 Å². The molecule has 0 spiro atoms. The van der Waals surface area contributed by atoms with Crippen molar-refractivity contribution in [3.05, 3.63) is 0 Å². The van der Waals surface area contributed by atoms with E-state index in [9.17, 15) is 14.0 Å². The SMILES string of the molecule is CO[C@H]1N([C@H]2CC(F)[C@@H](CO)O2)C(=O)NC(=O)[C@@]1(C)Cl. The number of rotatable bonds is 3. The van der Waals surface area contributed by atoms with Gasteiger partial charge in [0.25, 0.3) is 5.91 Å². The van der Waals surface area contributed by atoms with Crippen molar-refractivity contribution < 1.29 is 28.6 Å². The lowest BCUT2D eigenvalue weighted by molar-refractivity contribution is -0.155. The Morgan fingerprint density at radius 1 is 1.65 bits per heavy atom. The summed E-state index contributed by atoms with van der Waals surface area (Å²) in [7, 11) is 1.29. The van der Waals surface area contributed by atoms with Crippen LogP contribution in [0.1, 0.15) is 13.3 Å². The first kappa shape index (κ1) is 15.4. The van der Waals surface area contributed by atoms with Crippen molar-refractivity contribution in [2.75, 3.05) is 13.7 Å². The third kappa shape index (κ3) is 2.37. The highest BCUT2D eigenvalue weighted by molar-refractivity contribution is 6.36. The van der Waals surface area contributed by atoms with E-state index in [1.807, 2.05) is 0 Å². The second-order valence-corrected chi connectivity index (χ2v) is 5.68. The van der Waals surface area contributed by atoms with E-state index in [4.69, 9.17) is 26.2 Å². The van der Waals surface area contributed by atoms with Crippen LogP contribution in [0.3, 0.4) is 0 Å². The van der Waals surface area contributed by atoms with Gasteiger partial charge in [0.15, 0.2) is 11.1 Å². The van der Waals surface area contributed by atoms with Crippen LogP contribution in [0.5, 0.6) is 0 Å². The van der Waals surface area contributed by atoms with Gasteiger partial charge >= 0.3 is 6.03 Å². The zero-order chi connectivity index (χ0) is 15.1. The molecule has 2 rings (SSSR count). The Hall–Kier alpha value is -0.960. The van der Waals surface area contributed by atoms with Crippen molar-refractivity contribution in [2.24, 2.45) is 0 Å². The number of urea groups is 1. The summed E-state index contributed by atoms with van der Waals surface area (Å²) in [6, 6.07) is -0.768. The molecule has 0 saturated carbocycles. The van der Waals surface area contributed by atoms with E-state index in [-0.39, 0.29) is 6.42 Å². The van der Waals surface area contributed by atoms with E-state index in [0.717, 1.165) is 4.90 Å². The van der Waals surface area contributed by atoms with Gasteiger partial charge in [-0.1, -0.05) is 0 Å². The molecule has 3 amide bonds. The maximum absolute atomic E-state index is 13.6. The monoisotopic (exact) mass is 310 g/mol. The molecule has 2 saturated heterocycles. The van der Waals surface area contributed by atoms with Crippen LogP contribution in [-0.4, -0.2) is 65.3 Å². The second-order valence-electron chi connectivity index (χ2n) is 4.89. The standard InChI is InChI=1S/C11H16ClFN2O5/c1-11(12)8(17)14-10(18)15(9(11)19-2)7-3-5(13)6(4-16)20-7/h5-7,9,16H,3-4H2,1-2H3,(H,14,17,18)/t5?,6-,7-,9-,11-/m1/s1. The molecule has 5 atom stereocenters. The normalized spacial score (nSPS) is 42.0. The summed E-state index contributed by atoms with van der Waals surface area (Å²) in [4.78, 5) is 23.2. The van der Waals surface area contributed by atoms with Gasteiger partial charge < -0.3 is 14.6 Å². The van der Waals surface area contributed by atoms with Crippen LogP contribution in [0.2, 0.25) is 0 Å². The van der Waals surface area contributed by atoms with Gasteiger partial charge in [0.2, 0.25) is 0 Å². The van der Waals surface area contributed by atoms with Gasteiger partial charge in [0.1, 0.15) is 18.5 Å². The van der Waals surface area contributed by atoms with Gasteiger partial charge in [-0.25, -0.2) is 9.18 Å². The number of hydrogen-bond acceptors (Lipinski definition) is 5. The fourth-order valence-electron chi connectivity index (χ4n) is 2.40. The Morgan fingerprint density at radius 2 is 2.30 bits per heavy atom. The minimum Gasteiger partial charge on any atom is -0.394 e. The van der Waals surface area contributed by atoms with Crippen molar-refractivity contribution in [1.29, 1.82) is 0 Å². The molecule has 0 aromatic carbocycles. The van der Waals surface area contributed by atoms with Crippen LogP contribution in [0.15, 0.2) is 0 Å². The van der Waals surface area contributed by atoms with E-state index in [0.29, 0.717) is 0 Å². The first-order chi connectivity index (χ1) is 9.32. The molecule has 7 nitrogen and oxygen atoms in total. The number of aliphatic hydroxyl groups is 1. The molecule has 0 aromatic heterocycles. The Morgan fingerprint density at radius 3 is 2.80 bits per heavy atom. The van der Waals surface area contributed by atoms with Crippen LogP contribution in [-0.2, 0) is 14.3 Å². The van der Waals surface area contributed by atoms with Crippen LogP contribution in [0.4, 0.5) is 9.18 Å². The zero-order valence-electron chi connectivity index (χ0n) is 11.0. The number of halogens is 2. The summed E-state index contributed by atoms with van der Waals surface area (Å²) in [5, 5.41) is 11.1. The molecule has 2 aliphatic rings. The highest BCUT2D eigenvalue weighted by Gasteiger charge is 2.54. The smallest absolute Gasteiger partial charge is 0.328 e. The third-order valence-electron chi connectivity index (χ3n) is 3.49. The molecule has 1 unspecified atom stereocenters. The lowest BCUT2D eigenvalue weighted by Crippen LogP contribution is -2.69. The van der Waals surface area contributed by atoms with Gasteiger partial charge in [-0.15, -0.1) is 11.6 Å². The van der Waals surface area contributed by atoms with Crippen molar-refractivity contribution in [1.82, 2.24) is 10.2 Å². The molecule has 2 fully saturated rings. The lowest BCUT2D eigenvalue weighted by atomic mass is 10.0. The number of methoxy groups -OCH3 is 1. The average Bonchev–Trinajstić information content (AvgIpc) is 2.74.